The number of rotatable bonds is 4. The number of imidazole rings is 1. The maximum absolute atomic E-state index is 11.9. The number of carbonyl (C=O) groups excluding carboxylic acids is 1. The summed E-state index contributed by atoms with van der Waals surface area (Å²) in [5.74, 6) is -0.0530. The van der Waals surface area contributed by atoms with Crippen LogP contribution >= 0.6 is 0 Å². The summed E-state index contributed by atoms with van der Waals surface area (Å²) in [7, 11) is 0. The SMILES string of the molecule is CC(C)(C)NCC(=O)Nc1cccc(-n2ccnc2)c1. The Morgan fingerprint density at radius 1 is 1.35 bits per heavy atom. The molecule has 0 aliphatic carbocycles. The summed E-state index contributed by atoms with van der Waals surface area (Å²) in [6.07, 6.45) is 5.31. The van der Waals surface area contributed by atoms with E-state index in [1.165, 1.54) is 0 Å². The van der Waals surface area contributed by atoms with Gasteiger partial charge in [-0.15, -0.1) is 0 Å². The van der Waals surface area contributed by atoms with Crippen molar-refractivity contribution in [2.45, 2.75) is 26.3 Å². The molecule has 2 rings (SSSR count). The van der Waals surface area contributed by atoms with Crippen molar-refractivity contribution < 1.29 is 4.79 Å². The standard InChI is InChI=1S/C15H20N4O/c1-15(2,3)17-10-14(20)18-12-5-4-6-13(9-12)19-8-7-16-11-19/h4-9,11,17H,10H2,1-3H3,(H,18,20). The second-order valence-electron chi connectivity index (χ2n) is 5.67. The van der Waals surface area contributed by atoms with Gasteiger partial charge in [0.15, 0.2) is 0 Å². The maximum atomic E-state index is 11.9. The van der Waals surface area contributed by atoms with Gasteiger partial charge in [0, 0.05) is 29.3 Å². The van der Waals surface area contributed by atoms with Crippen LogP contribution in [-0.4, -0.2) is 27.5 Å². The molecule has 2 N–H and O–H groups in total. The van der Waals surface area contributed by atoms with Crippen LogP contribution in [0.4, 0.5) is 5.69 Å². The van der Waals surface area contributed by atoms with E-state index >= 15 is 0 Å². The molecule has 0 unspecified atom stereocenters. The molecule has 0 fully saturated rings. The summed E-state index contributed by atoms with van der Waals surface area (Å²) in [6, 6.07) is 7.65. The van der Waals surface area contributed by atoms with Gasteiger partial charge in [0.1, 0.15) is 0 Å². The van der Waals surface area contributed by atoms with E-state index < -0.39 is 0 Å². The summed E-state index contributed by atoms with van der Waals surface area (Å²) in [5.41, 5.74) is 1.66. The second-order valence-corrected chi connectivity index (χ2v) is 5.67. The van der Waals surface area contributed by atoms with Crippen LogP contribution in [-0.2, 0) is 4.79 Å². The van der Waals surface area contributed by atoms with Crippen molar-refractivity contribution in [3.63, 3.8) is 0 Å². The molecular weight excluding hydrogens is 252 g/mol. The summed E-state index contributed by atoms with van der Waals surface area (Å²) in [5, 5.41) is 6.04. The van der Waals surface area contributed by atoms with E-state index in [-0.39, 0.29) is 11.4 Å². The third kappa shape index (κ3) is 4.20. The molecule has 2 aromatic rings. The number of nitrogens with one attached hydrogen (secondary N) is 2. The molecule has 1 amide bonds. The monoisotopic (exact) mass is 272 g/mol. The quantitative estimate of drug-likeness (QED) is 0.897. The normalized spacial score (nSPS) is 11.3. The van der Waals surface area contributed by atoms with Crippen LogP contribution in [0.15, 0.2) is 43.0 Å². The van der Waals surface area contributed by atoms with Gasteiger partial charge in [0.25, 0.3) is 0 Å². The number of nitrogens with zero attached hydrogens (tertiary/aromatic N) is 2. The molecule has 5 nitrogen and oxygen atoms in total. The third-order valence-electron chi connectivity index (χ3n) is 2.71. The number of aromatic nitrogens is 2. The van der Waals surface area contributed by atoms with Crippen LogP contribution in [0.25, 0.3) is 5.69 Å². The zero-order valence-electron chi connectivity index (χ0n) is 12.1. The fourth-order valence-corrected chi connectivity index (χ4v) is 1.71. The zero-order valence-corrected chi connectivity index (χ0v) is 12.1. The highest BCUT2D eigenvalue weighted by Gasteiger charge is 2.11. The Labute approximate surface area is 119 Å². The molecule has 0 atom stereocenters. The molecule has 0 bridgehead atoms. The Bertz CT molecular complexity index is 570. The lowest BCUT2D eigenvalue weighted by molar-refractivity contribution is -0.115. The summed E-state index contributed by atoms with van der Waals surface area (Å²) in [6.45, 7) is 6.37. The molecule has 5 heteroatoms. The Balaban J connectivity index is 2.00. The first kappa shape index (κ1) is 14.3. The summed E-state index contributed by atoms with van der Waals surface area (Å²) >= 11 is 0. The van der Waals surface area contributed by atoms with Crippen LogP contribution in [0.3, 0.4) is 0 Å². The number of anilines is 1. The molecule has 0 aliphatic rings. The molecule has 0 spiro atoms. The molecule has 20 heavy (non-hydrogen) atoms. The second kappa shape index (κ2) is 5.88. The Morgan fingerprint density at radius 2 is 2.15 bits per heavy atom. The number of benzene rings is 1. The minimum absolute atomic E-state index is 0.0530. The smallest absolute Gasteiger partial charge is 0.238 e. The van der Waals surface area contributed by atoms with Gasteiger partial charge in [-0.3, -0.25) is 4.79 Å². The van der Waals surface area contributed by atoms with Gasteiger partial charge in [-0.25, -0.2) is 4.98 Å². The van der Waals surface area contributed by atoms with Gasteiger partial charge in [-0.1, -0.05) is 6.07 Å². The molecule has 0 saturated carbocycles. The minimum Gasteiger partial charge on any atom is -0.325 e. The topological polar surface area (TPSA) is 59.0 Å². The largest absolute Gasteiger partial charge is 0.325 e. The average Bonchev–Trinajstić information content (AvgIpc) is 2.90. The highest BCUT2D eigenvalue weighted by atomic mass is 16.1. The highest BCUT2D eigenvalue weighted by Crippen LogP contribution is 2.14. The van der Waals surface area contributed by atoms with Crippen molar-refractivity contribution in [2.75, 3.05) is 11.9 Å². The number of hydrogen-bond acceptors (Lipinski definition) is 3. The van der Waals surface area contributed by atoms with E-state index in [2.05, 4.69) is 15.6 Å². The molecule has 0 aliphatic heterocycles. The lowest BCUT2D eigenvalue weighted by Gasteiger charge is -2.20. The van der Waals surface area contributed by atoms with Crippen molar-refractivity contribution in [3.05, 3.63) is 43.0 Å². The molecule has 0 radical (unpaired) electrons. The number of hydrogen-bond donors (Lipinski definition) is 2. The Kier molecular flexibility index (Phi) is 4.20. The van der Waals surface area contributed by atoms with E-state index in [4.69, 9.17) is 0 Å². The zero-order chi connectivity index (χ0) is 14.6. The molecule has 0 saturated heterocycles. The molecule has 1 aromatic carbocycles. The van der Waals surface area contributed by atoms with Crippen molar-refractivity contribution in [2.24, 2.45) is 0 Å². The van der Waals surface area contributed by atoms with Crippen LogP contribution in [0.5, 0.6) is 0 Å². The van der Waals surface area contributed by atoms with E-state index in [0.29, 0.717) is 6.54 Å². The van der Waals surface area contributed by atoms with E-state index in [0.717, 1.165) is 11.4 Å². The van der Waals surface area contributed by atoms with Gasteiger partial charge in [0.05, 0.1) is 12.9 Å². The fraction of sp³-hybridized carbons (Fsp3) is 0.333. The number of amides is 1. The average molecular weight is 272 g/mol. The molecular formula is C15H20N4O. The minimum atomic E-state index is -0.0734. The number of carbonyl (C=O) groups is 1. The van der Waals surface area contributed by atoms with Crippen molar-refractivity contribution in [1.82, 2.24) is 14.9 Å². The van der Waals surface area contributed by atoms with Crippen molar-refractivity contribution in [3.8, 4) is 5.69 Å². The van der Waals surface area contributed by atoms with Gasteiger partial charge in [0.2, 0.25) is 5.91 Å². The first-order valence-electron chi connectivity index (χ1n) is 6.57. The Morgan fingerprint density at radius 3 is 2.80 bits per heavy atom. The van der Waals surface area contributed by atoms with Crippen molar-refractivity contribution in [1.29, 1.82) is 0 Å². The fourth-order valence-electron chi connectivity index (χ4n) is 1.71. The predicted molar refractivity (Wildman–Crippen MR) is 79.9 cm³/mol. The van der Waals surface area contributed by atoms with E-state index in [1.54, 1.807) is 12.5 Å². The van der Waals surface area contributed by atoms with E-state index in [9.17, 15) is 4.79 Å². The summed E-state index contributed by atoms with van der Waals surface area (Å²) < 4.78 is 1.89. The predicted octanol–water partition coefficient (Wildman–Crippen LogP) is 2.20. The van der Waals surface area contributed by atoms with Gasteiger partial charge in [-0.2, -0.15) is 0 Å². The lowest BCUT2D eigenvalue weighted by atomic mass is 10.1. The Hall–Kier alpha value is -2.14. The first-order chi connectivity index (χ1) is 9.44. The lowest BCUT2D eigenvalue weighted by Crippen LogP contribution is -2.41. The van der Waals surface area contributed by atoms with Gasteiger partial charge >= 0.3 is 0 Å². The third-order valence-corrected chi connectivity index (χ3v) is 2.71. The highest BCUT2D eigenvalue weighted by molar-refractivity contribution is 5.92. The van der Waals surface area contributed by atoms with Crippen molar-refractivity contribution >= 4 is 11.6 Å². The first-order valence-corrected chi connectivity index (χ1v) is 6.57. The van der Waals surface area contributed by atoms with E-state index in [1.807, 2.05) is 55.8 Å². The van der Waals surface area contributed by atoms with Crippen LogP contribution < -0.4 is 10.6 Å². The van der Waals surface area contributed by atoms with Crippen LogP contribution in [0, 0.1) is 0 Å². The van der Waals surface area contributed by atoms with Gasteiger partial charge < -0.3 is 15.2 Å². The van der Waals surface area contributed by atoms with Gasteiger partial charge in [-0.05, 0) is 39.0 Å². The molecule has 1 heterocycles. The maximum Gasteiger partial charge on any atom is 0.238 e. The molecule has 106 valence electrons. The molecule has 1 aromatic heterocycles. The van der Waals surface area contributed by atoms with Crippen LogP contribution in [0.2, 0.25) is 0 Å². The van der Waals surface area contributed by atoms with Crippen LogP contribution in [0.1, 0.15) is 20.8 Å². The summed E-state index contributed by atoms with van der Waals surface area (Å²) in [4.78, 5) is 15.9.